The van der Waals surface area contributed by atoms with Crippen LogP contribution in [0.15, 0.2) is 24.3 Å². The van der Waals surface area contributed by atoms with Gasteiger partial charge in [0.1, 0.15) is 6.10 Å². The Balaban J connectivity index is 2.71. The lowest BCUT2D eigenvalue weighted by Gasteiger charge is -2.16. The Labute approximate surface area is 104 Å². The van der Waals surface area contributed by atoms with E-state index in [2.05, 4.69) is 0 Å². The van der Waals surface area contributed by atoms with E-state index in [1.165, 1.54) is 12.1 Å². The van der Waals surface area contributed by atoms with E-state index in [1.54, 1.807) is 0 Å². The first-order valence-electron chi connectivity index (χ1n) is 5.81. The van der Waals surface area contributed by atoms with Gasteiger partial charge in [-0.3, -0.25) is 0 Å². The third-order valence-electron chi connectivity index (χ3n) is 2.71. The zero-order valence-corrected chi connectivity index (χ0v) is 10.4. The summed E-state index contributed by atoms with van der Waals surface area (Å²) in [7, 11) is 0. The average Bonchev–Trinajstić information content (AvgIpc) is 2.34. The predicted molar refractivity (Wildman–Crippen MR) is 62.1 cm³/mol. The molecule has 0 aliphatic carbocycles. The van der Waals surface area contributed by atoms with Gasteiger partial charge in [0.05, 0.1) is 18.3 Å². The van der Waals surface area contributed by atoms with Gasteiger partial charge < -0.3 is 9.84 Å². The minimum Gasteiger partial charge on any atom is -0.386 e. The topological polar surface area (TPSA) is 29.5 Å². The molecule has 0 heterocycles. The van der Waals surface area contributed by atoms with Crippen molar-refractivity contribution in [2.75, 3.05) is 6.61 Å². The number of aliphatic hydroxyl groups is 1. The molecule has 2 unspecified atom stereocenters. The first-order chi connectivity index (χ1) is 8.34. The maximum atomic E-state index is 12.5. The van der Waals surface area contributed by atoms with Crippen LogP contribution in [-0.2, 0) is 10.9 Å². The molecule has 5 heteroatoms. The fourth-order valence-electron chi connectivity index (χ4n) is 1.39. The van der Waals surface area contributed by atoms with E-state index in [4.69, 9.17) is 4.74 Å². The summed E-state index contributed by atoms with van der Waals surface area (Å²) in [6, 6.07) is 4.67. The van der Waals surface area contributed by atoms with Crippen LogP contribution >= 0.6 is 0 Å². The van der Waals surface area contributed by atoms with Gasteiger partial charge in [-0.15, -0.1) is 0 Å². The van der Waals surface area contributed by atoms with Gasteiger partial charge in [0.2, 0.25) is 0 Å². The molecular formula is C13H17F3O2. The van der Waals surface area contributed by atoms with Crippen LogP contribution in [0, 0.1) is 0 Å². The number of hydrogen-bond donors (Lipinski definition) is 1. The average molecular weight is 262 g/mol. The summed E-state index contributed by atoms with van der Waals surface area (Å²) in [6.07, 6.45) is -4.67. The van der Waals surface area contributed by atoms with Crippen LogP contribution in [-0.4, -0.2) is 17.8 Å². The van der Waals surface area contributed by atoms with Crippen LogP contribution in [0.25, 0.3) is 0 Å². The normalized spacial score (nSPS) is 15.4. The molecule has 0 amide bonds. The number of rotatable bonds is 5. The summed E-state index contributed by atoms with van der Waals surface area (Å²) >= 11 is 0. The smallest absolute Gasteiger partial charge is 0.386 e. The van der Waals surface area contributed by atoms with Gasteiger partial charge in [-0.05, 0) is 31.0 Å². The molecule has 0 spiro atoms. The molecule has 0 saturated carbocycles. The van der Waals surface area contributed by atoms with Crippen molar-refractivity contribution in [3.8, 4) is 0 Å². The molecular weight excluding hydrogens is 245 g/mol. The Hall–Kier alpha value is -1.07. The second-order valence-electron chi connectivity index (χ2n) is 4.19. The third-order valence-corrected chi connectivity index (χ3v) is 2.71. The second-order valence-corrected chi connectivity index (χ2v) is 4.19. The molecule has 1 rings (SSSR count). The van der Waals surface area contributed by atoms with Crippen molar-refractivity contribution >= 4 is 0 Å². The Kier molecular flexibility index (Phi) is 5.16. The molecule has 1 aromatic carbocycles. The van der Waals surface area contributed by atoms with Crippen molar-refractivity contribution in [1.29, 1.82) is 0 Å². The number of ether oxygens (including phenoxy) is 1. The Morgan fingerprint density at radius 3 is 2.56 bits per heavy atom. The van der Waals surface area contributed by atoms with Crippen LogP contribution in [0.4, 0.5) is 13.2 Å². The molecule has 0 bridgehead atoms. The lowest BCUT2D eigenvalue weighted by Crippen LogP contribution is -2.14. The summed E-state index contributed by atoms with van der Waals surface area (Å²) in [5, 5.41) is 9.76. The van der Waals surface area contributed by atoms with E-state index in [-0.39, 0.29) is 18.3 Å². The zero-order chi connectivity index (χ0) is 13.8. The number of aliphatic hydroxyl groups excluding tert-OH is 1. The Morgan fingerprint density at radius 2 is 2.00 bits per heavy atom. The minimum absolute atomic E-state index is 0.00365. The highest BCUT2D eigenvalue weighted by molar-refractivity contribution is 5.27. The summed E-state index contributed by atoms with van der Waals surface area (Å²) < 4.78 is 42.8. The van der Waals surface area contributed by atoms with Gasteiger partial charge in [-0.25, -0.2) is 0 Å². The Bertz CT molecular complexity index is 377. The zero-order valence-electron chi connectivity index (χ0n) is 10.4. The molecule has 0 aliphatic heterocycles. The SMILES string of the molecule is CCC(C)OCC(O)c1cccc(C(F)(F)F)c1. The van der Waals surface area contributed by atoms with Crippen molar-refractivity contribution < 1.29 is 23.0 Å². The van der Waals surface area contributed by atoms with Crippen molar-refractivity contribution in [2.24, 2.45) is 0 Å². The van der Waals surface area contributed by atoms with E-state index in [0.29, 0.717) is 0 Å². The highest BCUT2D eigenvalue weighted by Gasteiger charge is 2.30. The van der Waals surface area contributed by atoms with Crippen LogP contribution in [0.1, 0.15) is 37.5 Å². The standard InChI is InChI=1S/C13H17F3O2/c1-3-9(2)18-8-12(17)10-5-4-6-11(7-10)13(14,15)16/h4-7,9,12,17H,3,8H2,1-2H3. The molecule has 1 N–H and O–H groups in total. The van der Waals surface area contributed by atoms with Gasteiger partial charge in [0.25, 0.3) is 0 Å². The molecule has 1 aromatic rings. The molecule has 0 aliphatic rings. The van der Waals surface area contributed by atoms with Gasteiger partial charge >= 0.3 is 6.18 Å². The van der Waals surface area contributed by atoms with E-state index in [1.807, 2.05) is 13.8 Å². The third kappa shape index (κ3) is 4.31. The number of halogens is 3. The van der Waals surface area contributed by atoms with E-state index >= 15 is 0 Å². The van der Waals surface area contributed by atoms with Crippen LogP contribution in [0.3, 0.4) is 0 Å². The summed E-state index contributed by atoms with van der Waals surface area (Å²) in [4.78, 5) is 0. The summed E-state index contributed by atoms with van der Waals surface area (Å²) in [5.41, 5.74) is -0.546. The molecule has 18 heavy (non-hydrogen) atoms. The molecule has 102 valence electrons. The van der Waals surface area contributed by atoms with E-state index in [0.717, 1.165) is 18.6 Å². The van der Waals surface area contributed by atoms with Crippen LogP contribution in [0.5, 0.6) is 0 Å². The van der Waals surface area contributed by atoms with Gasteiger partial charge in [-0.1, -0.05) is 19.1 Å². The fourth-order valence-corrected chi connectivity index (χ4v) is 1.39. The number of hydrogen-bond acceptors (Lipinski definition) is 2. The van der Waals surface area contributed by atoms with Crippen molar-refractivity contribution in [3.05, 3.63) is 35.4 Å². The van der Waals surface area contributed by atoms with Crippen molar-refractivity contribution in [3.63, 3.8) is 0 Å². The lowest BCUT2D eigenvalue weighted by atomic mass is 10.1. The largest absolute Gasteiger partial charge is 0.416 e. The van der Waals surface area contributed by atoms with Crippen molar-refractivity contribution in [2.45, 2.75) is 38.7 Å². The summed E-state index contributed by atoms with van der Waals surface area (Å²) in [6.45, 7) is 3.77. The van der Waals surface area contributed by atoms with Gasteiger partial charge in [-0.2, -0.15) is 13.2 Å². The second kappa shape index (κ2) is 6.20. The quantitative estimate of drug-likeness (QED) is 0.879. The fraction of sp³-hybridized carbons (Fsp3) is 0.538. The number of alkyl halides is 3. The number of benzene rings is 1. The maximum Gasteiger partial charge on any atom is 0.416 e. The highest BCUT2D eigenvalue weighted by Crippen LogP contribution is 2.30. The monoisotopic (exact) mass is 262 g/mol. The molecule has 2 nitrogen and oxygen atoms in total. The van der Waals surface area contributed by atoms with Gasteiger partial charge in [0.15, 0.2) is 0 Å². The van der Waals surface area contributed by atoms with Crippen LogP contribution < -0.4 is 0 Å². The first kappa shape index (κ1) is 15.0. The van der Waals surface area contributed by atoms with Crippen molar-refractivity contribution in [1.82, 2.24) is 0 Å². The molecule has 0 fully saturated rings. The Morgan fingerprint density at radius 1 is 1.33 bits per heavy atom. The first-order valence-corrected chi connectivity index (χ1v) is 5.81. The lowest BCUT2D eigenvalue weighted by molar-refractivity contribution is -0.137. The van der Waals surface area contributed by atoms with Crippen LogP contribution in [0.2, 0.25) is 0 Å². The summed E-state index contributed by atoms with van der Waals surface area (Å²) in [5.74, 6) is 0. The maximum absolute atomic E-state index is 12.5. The molecule has 0 aromatic heterocycles. The van der Waals surface area contributed by atoms with E-state index < -0.39 is 17.8 Å². The molecule has 2 atom stereocenters. The molecule has 0 radical (unpaired) electrons. The minimum atomic E-state index is -4.40. The predicted octanol–water partition coefficient (Wildman–Crippen LogP) is 3.55. The van der Waals surface area contributed by atoms with E-state index in [9.17, 15) is 18.3 Å². The molecule has 0 saturated heterocycles. The van der Waals surface area contributed by atoms with Gasteiger partial charge in [0, 0.05) is 0 Å². The highest BCUT2D eigenvalue weighted by atomic mass is 19.4.